The summed E-state index contributed by atoms with van der Waals surface area (Å²) in [5, 5.41) is 13.0. The van der Waals surface area contributed by atoms with Crippen molar-refractivity contribution in [2.45, 2.75) is 6.54 Å². The summed E-state index contributed by atoms with van der Waals surface area (Å²) in [6, 6.07) is 15.2. The summed E-state index contributed by atoms with van der Waals surface area (Å²) in [5.41, 5.74) is 0.815. The van der Waals surface area contributed by atoms with E-state index in [-0.39, 0.29) is 23.4 Å². The highest BCUT2D eigenvalue weighted by Gasteiger charge is 2.13. The number of carbonyl (C=O) groups is 1. The fourth-order valence-corrected chi connectivity index (χ4v) is 2.69. The lowest BCUT2D eigenvalue weighted by Gasteiger charge is -2.06. The minimum atomic E-state index is -0.455. The molecule has 6 nitrogen and oxygen atoms in total. The molecule has 1 amide bonds. The van der Waals surface area contributed by atoms with E-state index >= 15 is 0 Å². The van der Waals surface area contributed by atoms with Crippen LogP contribution in [0.25, 0.3) is 11.0 Å². The van der Waals surface area contributed by atoms with Crippen molar-refractivity contribution in [2.75, 3.05) is 0 Å². The minimum Gasteiger partial charge on any atom is -0.508 e. The van der Waals surface area contributed by atoms with Crippen LogP contribution in [0.1, 0.15) is 16.1 Å². The van der Waals surface area contributed by atoms with E-state index in [9.17, 15) is 14.3 Å². The van der Waals surface area contributed by atoms with Crippen LogP contribution >= 0.6 is 0 Å². The van der Waals surface area contributed by atoms with Crippen LogP contribution in [-0.4, -0.2) is 11.0 Å². The molecule has 4 aromatic rings. The van der Waals surface area contributed by atoms with Crippen LogP contribution in [0, 0.1) is 5.82 Å². The average molecular weight is 378 g/mol. The molecule has 28 heavy (non-hydrogen) atoms. The Labute approximate surface area is 158 Å². The predicted octanol–water partition coefficient (Wildman–Crippen LogP) is 4.03. The molecule has 0 aliphatic heterocycles. The molecule has 0 radical (unpaired) electrons. The van der Waals surface area contributed by atoms with Gasteiger partial charge in [0.25, 0.3) is 5.91 Å². The molecule has 0 saturated carbocycles. The second-order valence-electron chi connectivity index (χ2n) is 6.04. The van der Waals surface area contributed by atoms with Crippen LogP contribution in [0.15, 0.2) is 80.8 Å². The molecule has 2 N–H and O–H groups in total. The molecule has 4 rings (SSSR count). The van der Waals surface area contributed by atoms with Crippen molar-refractivity contribution < 1.29 is 23.1 Å². The van der Waals surface area contributed by atoms with Gasteiger partial charge in [-0.2, -0.15) is 0 Å². The van der Waals surface area contributed by atoms with E-state index in [1.807, 2.05) is 0 Å². The van der Waals surface area contributed by atoms with Crippen LogP contribution in [-0.2, 0) is 6.54 Å². The summed E-state index contributed by atoms with van der Waals surface area (Å²) in [6.45, 7) is 0.193. The van der Waals surface area contributed by atoms with Crippen molar-refractivity contribution in [2.24, 2.45) is 4.99 Å². The van der Waals surface area contributed by atoms with Crippen molar-refractivity contribution >= 4 is 22.6 Å². The normalized spacial score (nSPS) is 11.7. The van der Waals surface area contributed by atoms with Gasteiger partial charge in [0.1, 0.15) is 28.5 Å². The molecule has 140 valence electrons. The number of benzene rings is 2. The Bertz CT molecular complexity index is 1210. The Balaban J connectivity index is 1.80. The number of carbonyl (C=O) groups excluding carboxylic acids is 1. The monoisotopic (exact) mass is 378 g/mol. The number of hydrogen-bond donors (Lipinski definition) is 2. The lowest BCUT2D eigenvalue weighted by atomic mass is 10.1. The zero-order valence-corrected chi connectivity index (χ0v) is 14.6. The maximum absolute atomic E-state index is 13.5. The third kappa shape index (κ3) is 3.78. The molecule has 2 aromatic carbocycles. The number of rotatable bonds is 4. The number of nitrogens with one attached hydrogen (secondary N) is 1. The van der Waals surface area contributed by atoms with Gasteiger partial charge in [-0.1, -0.05) is 6.07 Å². The first kappa shape index (κ1) is 17.5. The van der Waals surface area contributed by atoms with E-state index in [1.165, 1.54) is 36.6 Å². The van der Waals surface area contributed by atoms with Gasteiger partial charge in [0.15, 0.2) is 0 Å². The molecule has 0 saturated heterocycles. The Hall–Kier alpha value is -3.87. The van der Waals surface area contributed by atoms with Crippen molar-refractivity contribution in [3.8, 4) is 5.75 Å². The van der Waals surface area contributed by atoms with Gasteiger partial charge in [-0.3, -0.25) is 4.79 Å². The van der Waals surface area contributed by atoms with Gasteiger partial charge in [-0.05, 0) is 48.5 Å². The Morgan fingerprint density at radius 3 is 2.79 bits per heavy atom. The maximum atomic E-state index is 13.5. The summed E-state index contributed by atoms with van der Waals surface area (Å²) in [5.74, 6) is -0.267. The predicted molar refractivity (Wildman–Crippen MR) is 99.4 cm³/mol. The largest absolute Gasteiger partial charge is 0.508 e. The quantitative estimate of drug-likeness (QED) is 0.561. The highest BCUT2D eigenvalue weighted by Crippen LogP contribution is 2.20. The van der Waals surface area contributed by atoms with Crippen LogP contribution < -0.4 is 10.9 Å². The van der Waals surface area contributed by atoms with Crippen molar-refractivity contribution in [1.29, 1.82) is 0 Å². The van der Waals surface area contributed by atoms with E-state index < -0.39 is 11.7 Å². The zero-order valence-electron chi connectivity index (χ0n) is 14.6. The van der Waals surface area contributed by atoms with E-state index in [4.69, 9.17) is 8.83 Å². The van der Waals surface area contributed by atoms with Crippen molar-refractivity contribution in [3.05, 3.63) is 89.6 Å². The summed E-state index contributed by atoms with van der Waals surface area (Å²) < 4.78 is 24.5. The molecule has 0 spiro atoms. The summed E-state index contributed by atoms with van der Waals surface area (Å²) in [4.78, 5) is 17.0. The maximum Gasteiger partial charge on any atom is 0.257 e. The number of amides is 1. The SMILES string of the molecule is O=C(NCc1ccco1)c1cc2ccc(O)cc2oc1=Nc1cccc(F)c1. The van der Waals surface area contributed by atoms with Gasteiger partial charge < -0.3 is 19.3 Å². The first-order chi connectivity index (χ1) is 13.6. The Morgan fingerprint density at radius 1 is 1.11 bits per heavy atom. The van der Waals surface area contributed by atoms with E-state index in [0.29, 0.717) is 22.4 Å². The number of phenolic OH excluding ortho intramolecular Hbond substituents is 1. The van der Waals surface area contributed by atoms with Crippen molar-refractivity contribution in [1.82, 2.24) is 5.32 Å². The third-order valence-electron chi connectivity index (χ3n) is 4.02. The average Bonchev–Trinajstić information content (AvgIpc) is 3.19. The lowest BCUT2D eigenvalue weighted by Crippen LogP contribution is -2.28. The molecular formula is C21H15FN2O4. The standard InChI is InChI=1S/C21H15FN2O4/c22-14-3-1-4-15(10-14)24-21-18(20(26)23-12-17-5-2-8-27-17)9-13-6-7-16(25)11-19(13)28-21/h1-11,25H,12H2,(H,23,26). The van der Waals surface area contributed by atoms with E-state index in [2.05, 4.69) is 10.3 Å². The summed E-state index contributed by atoms with van der Waals surface area (Å²) >= 11 is 0. The number of phenols is 1. The molecule has 0 aliphatic carbocycles. The second kappa shape index (κ2) is 7.40. The number of furan rings is 1. The molecule has 2 aromatic heterocycles. The molecular weight excluding hydrogens is 363 g/mol. The zero-order chi connectivity index (χ0) is 19.5. The number of halogens is 1. The fraction of sp³-hybridized carbons (Fsp3) is 0.0476. The number of aromatic hydroxyl groups is 1. The second-order valence-corrected chi connectivity index (χ2v) is 6.04. The molecule has 0 aliphatic rings. The lowest BCUT2D eigenvalue weighted by molar-refractivity contribution is 0.0944. The molecule has 2 heterocycles. The topological polar surface area (TPSA) is 88.0 Å². The van der Waals surface area contributed by atoms with Gasteiger partial charge in [0, 0.05) is 11.5 Å². The van der Waals surface area contributed by atoms with Gasteiger partial charge in [-0.25, -0.2) is 9.38 Å². The smallest absolute Gasteiger partial charge is 0.257 e. The molecule has 0 bridgehead atoms. The summed E-state index contributed by atoms with van der Waals surface area (Å²) in [7, 11) is 0. The van der Waals surface area contributed by atoms with Gasteiger partial charge in [0.05, 0.1) is 18.5 Å². The number of fused-ring (bicyclic) bond motifs is 1. The summed E-state index contributed by atoms with van der Waals surface area (Å²) in [6.07, 6.45) is 1.52. The van der Waals surface area contributed by atoms with Gasteiger partial charge in [-0.15, -0.1) is 0 Å². The van der Waals surface area contributed by atoms with E-state index in [1.54, 1.807) is 30.3 Å². The van der Waals surface area contributed by atoms with Crippen LogP contribution in [0.3, 0.4) is 0 Å². The highest BCUT2D eigenvalue weighted by atomic mass is 19.1. The number of hydrogen-bond acceptors (Lipinski definition) is 5. The Kier molecular flexibility index (Phi) is 4.63. The molecule has 0 unspecified atom stereocenters. The van der Waals surface area contributed by atoms with Gasteiger partial charge in [0.2, 0.25) is 5.55 Å². The van der Waals surface area contributed by atoms with Crippen LogP contribution in [0.2, 0.25) is 0 Å². The molecule has 7 heteroatoms. The van der Waals surface area contributed by atoms with Gasteiger partial charge >= 0.3 is 0 Å². The van der Waals surface area contributed by atoms with Crippen LogP contribution in [0.5, 0.6) is 5.75 Å². The molecule has 0 atom stereocenters. The fourth-order valence-electron chi connectivity index (χ4n) is 2.69. The molecule has 0 fully saturated rings. The first-order valence-electron chi connectivity index (χ1n) is 8.46. The Morgan fingerprint density at radius 2 is 2.00 bits per heavy atom. The minimum absolute atomic E-state index is 0.000597. The number of nitrogens with zero attached hydrogens (tertiary/aromatic N) is 1. The first-order valence-corrected chi connectivity index (χ1v) is 8.46. The van der Waals surface area contributed by atoms with Crippen molar-refractivity contribution in [3.63, 3.8) is 0 Å². The van der Waals surface area contributed by atoms with Crippen LogP contribution in [0.4, 0.5) is 10.1 Å². The highest BCUT2D eigenvalue weighted by molar-refractivity contribution is 5.96. The third-order valence-corrected chi connectivity index (χ3v) is 4.02. The van der Waals surface area contributed by atoms with E-state index in [0.717, 1.165) is 0 Å².